The molecular formula is C16H19NOSi. The van der Waals surface area contributed by atoms with Gasteiger partial charge in [0.1, 0.15) is 11.4 Å². The van der Waals surface area contributed by atoms with Crippen LogP contribution in [-0.2, 0) is 0 Å². The molecule has 0 saturated carbocycles. The predicted molar refractivity (Wildman–Crippen MR) is 84.1 cm³/mol. The summed E-state index contributed by atoms with van der Waals surface area (Å²) in [6.07, 6.45) is 1.87. The smallest absolute Gasteiger partial charge is 0.242 e. The van der Waals surface area contributed by atoms with Gasteiger partial charge in [0.15, 0.2) is 0 Å². The van der Waals surface area contributed by atoms with Gasteiger partial charge in [0.25, 0.3) is 0 Å². The lowest BCUT2D eigenvalue weighted by atomic mass is 10.2. The van der Waals surface area contributed by atoms with Crippen LogP contribution in [0.3, 0.4) is 0 Å². The highest BCUT2D eigenvalue weighted by atomic mass is 28.4. The summed E-state index contributed by atoms with van der Waals surface area (Å²) >= 11 is 0. The van der Waals surface area contributed by atoms with Crippen LogP contribution in [0.4, 0.5) is 5.69 Å². The van der Waals surface area contributed by atoms with E-state index in [0.29, 0.717) is 0 Å². The van der Waals surface area contributed by atoms with Crippen LogP contribution in [0.5, 0.6) is 5.75 Å². The van der Waals surface area contributed by atoms with Gasteiger partial charge in [-0.05, 0) is 37.3 Å². The summed E-state index contributed by atoms with van der Waals surface area (Å²) in [4.78, 5) is 4.53. The SMILES string of the molecule is C[Si](C)(C)Oc1ccccc1/N=C/c1ccccc1. The van der Waals surface area contributed by atoms with Crippen molar-refractivity contribution >= 4 is 20.2 Å². The fourth-order valence-electron chi connectivity index (χ4n) is 1.66. The lowest BCUT2D eigenvalue weighted by molar-refractivity contribution is 0.559. The monoisotopic (exact) mass is 269 g/mol. The van der Waals surface area contributed by atoms with E-state index in [9.17, 15) is 0 Å². The van der Waals surface area contributed by atoms with Gasteiger partial charge in [0.05, 0.1) is 0 Å². The van der Waals surface area contributed by atoms with Crippen molar-refractivity contribution in [1.29, 1.82) is 0 Å². The number of nitrogens with zero attached hydrogens (tertiary/aromatic N) is 1. The third kappa shape index (κ3) is 4.37. The van der Waals surface area contributed by atoms with Crippen LogP contribution < -0.4 is 4.43 Å². The third-order valence-electron chi connectivity index (χ3n) is 2.43. The van der Waals surface area contributed by atoms with Gasteiger partial charge < -0.3 is 4.43 Å². The number of hydrogen-bond acceptors (Lipinski definition) is 2. The van der Waals surface area contributed by atoms with Gasteiger partial charge in [0, 0.05) is 6.21 Å². The van der Waals surface area contributed by atoms with Crippen molar-refractivity contribution in [2.24, 2.45) is 4.99 Å². The molecule has 0 atom stereocenters. The van der Waals surface area contributed by atoms with Gasteiger partial charge in [-0.1, -0.05) is 42.5 Å². The minimum absolute atomic E-state index is 0.869. The van der Waals surface area contributed by atoms with Crippen molar-refractivity contribution < 1.29 is 4.43 Å². The van der Waals surface area contributed by atoms with E-state index in [2.05, 4.69) is 24.6 Å². The van der Waals surface area contributed by atoms with Crippen molar-refractivity contribution in [3.05, 3.63) is 60.2 Å². The molecule has 0 spiro atoms. The molecule has 2 aromatic rings. The first kappa shape index (κ1) is 13.6. The van der Waals surface area contributed by atoms with Crippen molar-refractivity contribution in [3.8, 4) is 5.75 Å². The van der Waals surface area contributed by atoms with Crippen molar-refractivity contribution in [1.82, 2.24) is 0 Å². The second-order valence-electron chi connectivity index (χ2n) is 5.35. The van der Waals surface area contributed by atoms with Crippen LogP contribution in [0.25, 0.3) is 0 Å². The molecule has 2 nitrogen and oxygen atoms in total. The van der Waals surface area contributed by atoms with Crippen LogP contribution in [0.2, 0.25) is 19.6 Å². The molecule has 0 aromatic heterocycles. The summed E-state index contributed by atoms with van der Waals surface area (Å²) in [6.45, 7) is 6.51. The molecule has 0 aliphatic heterocycles. The fraction of sp³-hybridized carbons (Fsp3) is 0.188. The van der Waals surface area contributed by atoms with Gasteiger partial charge in [-0.2, -0.15) is 0 Å². The van der Waals surface area contributed by atoms with E-state index in [0.717, 1.165) is 17.0 Å². The molecule has 0 heterocycles. The minimum atomic E-state index is -1.61. The Morgan fingerprint density at radius 1 is 0.895 bits per heavy atom. The van der Waals surface area contributed by atoms with E-state index < -0.39 is 8.32 Å². The largest absolute Gasteiger partial charge is 0.543 e. The van der Waals surface area contributed by atoms with Crippen LogP contribution in [0.1, 0.15) is 5.56 Å². The first-order valence-corrected chi connectivity index (χ1v) is 9.83. The van der Waals surface area contributed by atoms with E-state index in [1.165, 1.54) is 0 Å². The molecule has 2 aromatic carbocycles. The molecule has 3 heteroatoms. The molecular weight excluding hydrogens is 250 g/mol. The second kappa shape index (κ2) is 5.84. The fourth-order valence-corrected chi connectivity index (χ4v) is 2.50. The van der Waals surface area contributed by atoms with Gasteiger partial charge in [-0.3, -0.25) is 4.99 Å². The Morgan fingerprint density at radius 2 is 1.53 bits per heavy atom. The summed E-state index contributed by atoms with van der Waals surface area (Å²) < 4.78 is 6.05. The molecule has 0 saturated heterocycles. The quantitative estimate of drug-likeness (QED) is 0.585. The summed E-state index contributed by atoms with van der Waals surface area (Å²) in [5.41, 5.74) is 1.97. The molecule has 0 aliphatic rings. The van der Waals surface area contributed by atoms with Gasteiger partial charge >= 0.3 is 0 Å². The van der Waals surface area contributed by atoms with E-state index in [4.69, 9.17) is 4.43 Å². The predicted octanol–water partition coefficient (Wildman–Crippen LogP) is 4.65. The van der Waals surface area contributed by atoms with Crippen molar-refractivity contribution in [2.75, 3.05) is 0 Å². The molecule has 19 heavy (non-hydrogen) atoms. The Hall–Kier alpha value is -1.87. The maximum absolute atomic E-state index is 6.05. The van der Waals surface area contributed by atoms with Gasteiger partial charge in [0.2, 0.25) is 8.32 Å². The first-order valence-electron chi connectivity index (χ1n) is 6.42. The van der Waals surface area contributed by atoms with E-state index in [1.807, 2.05) is 60.8 Å². The average molecular weight is 269 g/mol. The highest BCUT2D eigenvalue weighted by Gasteiger charge is 2.17. The van der Waals surface area contributed by atoms with E-state index in [-0.39, 0.29) is 0 Å². The van der Waals surface area contributed by atoms with Crippen LogP contribution in [0, 0.1) is 0 Å². The number of rotatable bonds is 4. The Balaban J connectivity index is 2.23. The highest BCUT2D eigenvalue weighted by Crippen LogP contribution is 2.29. The molecule has 0 radical (unpaired) electrons. The highest BCUT2D eigenvalue weighted by molar-refractivity contribution is 6.70. The molecule has 98 valence electrons. The van der Waals surface area contributed by atoms with Gasteiger partial charge in [-0.15, -0.1) is 0 Å². The van der Waals surface area contributed by atoms with Crippen molar-refractivity contribution in [3.63, 3.8) is 0 Å². The van der Waals surface area contributed by atoms with Crippen LogP contribution in [-0.4, -0.2) is 14.5 Å². The lowest BCUT2D eigenvalue weighted by Crippen LogP contribution is -2.29. The molecule has 0 bridgehead atoms. The molecule has 0 N–H and O–H groups in total. The zero-order valence-corrected chi connectivity index (χ0v) is 12.6. The zero-order valence-electron chi connectivity index (χ0n) is 11.6. The summed E-state index contributed by atoms with van der Waals surface area (Å²) in [5, 5.41) is 0. The standard InChI is InChI=1S/C16H19NOSi/c1-19(2,3)18-16-12-8-7-11-15(16)17-13-14-9-5-4-6-10-14/h4-13H,1-3H3/b17-13+. The summed E-state index contributed by atoms with van der Waals surface area (Å²) in [5.74, 6) is 0.869. The minimum Gasteiger partial charge on any atom is -0.543 e. The maximum atomic E-state index is 6.05. The topological polar surface area (TPSA) is 21.6 Å². The molecule has 0 aliphatic carbocycles. The average Bonchev–Trinajstić information content (AvgIpc) is 2.37. The Kier molecular flexibility index (Phi) is 4.17. The molecule has 0 amide bonds. The van der Waals surface area contributed by atoms with Crippen LogP contribution >= 0.6 is 0 Å². The third-order valence-corrected chi connectivity index (χ3v) is 3.27. The zero-order chi connectivity index (χ0) is 13.7. The number of aliphatic imine (C=N–C) groups is 1. The normalized spacial score (nSPS) is 11.7. The van der Waals surface area contributed by atoms with Crippen LogP contribution in [0.15, 0.2) is 59.6 Å². The number of benzene rings is 2. The lowest BCUT2D eigenvalue weighted by Gasteiger charge is -2.20. The van der Waals surface area contributed by atoms with Crippen molar-refractivity contribution in [2.45, 2.75) is 19.6 Å². The maximum Gasteiger partial charge on any atom is 0.242 e. The first-order chi connectivity index (χ1) is 9.04. The molecule has 2 rings (SSSR count). The number of hydrogen-bond donors (Lipinski definition) is 0. The summed E-state index contributed by atoms with van der Waals surface area (Å²) in [6, 6.07) is 18.0. The van der Waals surface area contributed by atoms with Gasteiger partial charge in [-0.25, -0.2) is 0 Å². The Morgan fingerprint density at radius 3 is 2.21 bits per heavy atom. The van der Waals surface area contributed by atoms with E-state index >= 15 is 0 Å². The number of para-hydroxylation sites is 2. The van der Waals surface area contributed by atoms with E-state index in [1.54, 1.807) is 0 Å². The Labute approximate surface area is 115 Å². The summed E-state index contributed by atoms with van der Waals surface area (Å²) in [7, 11) is -1.61. The molecule has 0 fully saturated rings. The second-order valence-corrected chi connectivity index (χ2v) is 9.78. The molecule has 0 unspecified atom stereocenters. The Bertz CT molecular complexity index is 558.